The van der Waals surface area contributed by atoms with Crippen LogP contribution in [0.25, 0.3) is 0 Å². The van der Waals surface area contributed by atoms with Crippen LogP contribution < -0.4 is 10.5 Å². The minimum atomic E-state index is -3.71. The van der Waals surface area contributed by atoms with Crippen LogP contribution in [0, 0.1) is 0 Å². The van der Waals surface area contributed by atoms with Crippen LogP contribution in [0.2, 0.25) is 5.02 Å². The normalized spacial score (nSPS) is 11.3. The Balaban J connectivity index is 2.38. The monoisotopic (exact) mass is 438 g/mol. The first-order valence-corrected chi connectivity index (χ1v) is 8.77. The summed E-state index contributed by atoms with van der Waals surface area (Å²) < 4.78 is 28.3. The Morgan fingerprint density at radius 1 is 1.10 bits per heavy atom. The highest BCUT2D eigenvalue weighted by atomic mass is 79.9. The first-order chi connectivity index (χ1) is 9.29. The second kappa shape index (κ2) is 5.93. The maximum atomic E-state index is 12.3. The Kier molecular flexibility index (Phi) is 4.63. The number of hydrogen-bond acceptors (Lipinski definition) is 3. The molecule has 0 radical (unpaired) electrons. The molecule has 0 aromatic heterocycles. The van der Waals surface area contributed by atoms with E-state index in [1.165, 1.54) is 18.2 Å². The van der Waals surface area contributed by atoms with Crippen LogP contribution in [0.5, 0.6) is 0 Å². The molecule has 106 valence electrons. The van der Waals surface area contributed by atoms with Gasteiger partial charge in [0.05, 0.1) is 16.4 Å². The van der Waals surface area contributed by atoms with E-state index < -0.39 is 10.0 Å². The van der Waals surface area contributed by atoms with E-state index in [1.807, 2.05) is 0 Å². The molecule has 0 aliphatic rings. The van der Waals surface area contributed by atoms with E-state index in [0.717, 1.165) is 4.47 Å². The van der Waals surface area contributed by atoms with Crippen LogP contribution in [-0.2, 0) is 10.0 Å². The van der Waals surface area contributed by atoms with Gasteiger partial charge in [-0.1, -0.05) is 27.5 Å². The fourth-order valence-corrected chi connectivity index (χ4v) is 4.47. The molecule has 0 fully saturated rings. The van der Waals surface area contributed by atoms with Crippen molar-refractivity contribution in [2.45, 2.75) is 4.90 Å². The molecule has 0 amide bonds. The molecule has 3 N–H and O–H groups in total. The van der Waals surface area contributed by atoms with Gasteiger partial charge in [-0.2, -0.15) is 0 Å². The number of halogens is 3. The third-order valence-electron chi connectivity index (χ3n) is 2.44. The minimum absolute atomic E-state index is 0.133. The molecule has 2 aromatic rings. The molecule has 0 aliphatic heterocycles. The molecule has 0 spiro atoms. The number of nitrogens with one attached hydrogen (secondary N) is 1. The number of hydrogen-bond donors (Lipinski definition) is 2. The minimum Gasteiger partial charge on any atom is -0.398 e. The molecule has 0 saturated carbocycles. The van der Waals surface area contributed by atoms with Gasteiger partial charge in [0, 0.05) is 8.95 Å². The van der Waals surface area contributed by atoms with Gasteiger partial charge in [-0.15, -0.1) is 0 Å². The third-order valence-corrected chi connectivity index (χ3v) is 5.61. The van der Waals surface area contributed by atoms with Gasteiger partial charge in [0.25, 0.3) is 10.0 Å². The average Bonchev–Trinajstić information content (AvgIpc) is 2.33. The molecule has 0 bridgehead atoms. The Morgan fingerprint density at radius 2 is 1.80 bits per heavy atom. The summed E-state index contributed by atoms with van der Waals surface area (Å²) in [5.74, 6) is 0. The zero-order valence-corrected chi connectivity index (χ0v) is 14.6. The van der Waals surface area contributed by atoms with Crippen LogP contribution in [0.1, 0.15) is 0 Å². The van der Waals surface area contributed by atoms with E-state index in [0.29, 0.717) is 20.9 Å². The van der Waals surface area contributed by atoms with Crippen molar-refractivity contribution in [3.8, 4) is 0 Å². The summed E-state index contributed by atoms with van der Waals surface area (Å²) >= 11 is 12.4. The van der Waals surface area contributed by atoms with Crippen molar-refractivity contribution in [2.75, 3.05) is 10.5 Å². The third kappa shape index (κ3) is 3.46. The van der Waals surface area contributed by atoms with E-state index in [-0.39, 0.29) is 4.90 Å². The zero-order chi connectivity index (χ0) is 14.9. The molecule has 0 atom stereocenters. The quantitative estimate of drug-likeness (QED) is 0.701. The lowest BCUT2D eigenvalue weighted by atomic mass is 10.3. The molecular formula is C12H9Br2ClN2O2S. The Morgan fingerprint density at radius 3 is 2.40 bits per heavy atom. The molecule has 0 aliphatic carbocycles. The van der Waals surface area contributed by atoms with Crippen LogP contribution >= 0.6 is 43.5 Å². The second-order valence-electron chi connectivity index (χ2n) is 3.92. The van der Waals surface area contributed by atoms with Gasteiger partial charge in [0.1, 0.15) is 4.90 Å². The number of anilines is 2. The largest absolute Gasteiger partial charge is 0.398 e. The summed E-state index contributed by atoms with van der Waals surface area (Å²) in [6, 6.07) is 9.35. The van der Waals surface area contributed by atoms with Crippen LogP contribution in [0.15, 0.2) is 50.2 Å². The van der Waals surface area contributed by atoms with Gasteiger partial charge in [0.2, 0.25) is 0 Å². The van der Waals surface area contributed by atoms with E-state index >= 15 is 0 Å². The predicted molar refractivity (Wildman–Crippen MR) is 88.5 cm³/mol. The van der Waals surface area contributed by atoms with Gasteiger partial charge in [-0.05, 0) is 52.3 Å². The summed E-state index contributed by atoms with van der Waals surface area (Å²) in [6.07, 6.45) is 0. The zero-order valence-electron chi connectivity index (χ0n) is 9.90. The SMILES string of the molecule is Nc1ccc(NS(=O)(=O)c2ccc(Br)cc2Br)cc1Cl. The van der Waals surface area contributed by atoms with Gasteiger partial charge in [-0.25, -0.2) is 8.42 Å². The van der Waals surface area contributed by atoms with Crippen molar-refractivity contribution >= 4 is 64.9 Å². The van der Waals surface area contributed by atoms with Crippen molar-refractivity contribution < 1.29 is 8.42 Å². The maximum absolute atomic E-state index is 12.3. The molecule has 8 heteroatoms. The molecule has 0 saturated heterocycles. The van der Waals surface area contributed by atoms with Crippen LogP contribution in [0.4, 0.5) is 11.4 Å². The van der Waals surface area contributed by atoms with Crippen LogP contribution in [-0.4, -0.2) is 8.42 Å². The molecule has 2 aromatic carbocycles. The summed E-state index contributed by atoms with van der Waals surface area (Å²) in [4.78, 5) is 0.133. The number of benzene rings is 2. The van der Waals surface area contributed by atoms with E-state index in [4.69, 9.17) is 17.3 Å². The maximum Gasteiger partial charge on any atom is 0.263 e. The summed E-state index contributed by atoms with van der Waals surface area (Å²) in [5.41, 5.74) is 6.32. The number of nitrogens with two attached hydrogens (primary N) is 1. The first kappa shape index (κ1) is 15.6. The first-order valence-electron chi connectivity index (χ1n) is 5.32. The lowest BCUT2D eigenvalue weighted by Crippen LogP contribution is -2.13. The average molecular weight is 441 g/mol. The predicted octanol–water partition coefficient (Wildman–Crippen LogP) is 4.25. The summed E-state index contributed by atoms with van der Waals surface area (Å²) in [6.45, 7) is 0. The highest BCUT2D eigenvalue weighted by Crippen LogP contribution is 2.29. The second-order valence-corrected chi connectivity index (χ2v) is 7.74. The smallest absolute Gasteiger partial charge is 0.263 e. The Labute approximate surface area is 138 Å². The van der Waals surface area contributed by atoms with Crippen molar-refractivity contribution in [1.29, 1.82) is 0 Å². The molecule has 0 heterocycles. The van der Waals surface area contributed by atoms with Gasteiger partial charge >= 0.3 is 0 Å². The fraction of sp³-hybridized carbons (Fsp3) is 0. The van der Waals surface area contributed by atoms with E-state index in [1.54, 1.807) is 18.2 Å². The van der Waals surface area contributed by atoms with Gasteiger partial charge in [-0.3, -0.25) is 4.72 Å². The molecule has 2 rings (SSSR count). The highest BCUT2D eigenvalue weighted by molar-refractivity contribution is 9.11. The summed E-state index contributed by atoms with van der Waals surface area (Å²) in [5, 5.41) is 0.292. The Hall–Kier alpha value is -0.760. The number of sulfonamides is 1. The number of nitrogen functional groups attached to an aromatic ring is 1. The standard InChI is InChI=1S/C12H9Br2ClN2O2S/c13-7-1-4-12(9(14)5-7)20(18,19)17-8-2-3-11(16)10(15)6-8/h1-6,17H,16H2. The van der Waals surface area contributed by atoms with Crippen molar-refractivity contribution in [3.05, 3.63) is 50.4 Å². The topological polar surface area (TPSA) is 72.2 Å². The molecule has 4 nitrogen and oxygen atoms in total. The lowest BCUT2D eigenvalue weighted by molar-refractivity contribution is 0.600. The van der Waals surface area contributed by atoms with E-state index in [9.17, 15) is 8.42 Å². The van der Waals surface area contributed by atoms with Crippen LogP contribution in [0.3, 0.4) is 0 Å². The molecule has 20 heavy (non-hydrogen) atoms. The van der Waals surface area contributed by atoms with Crippen molar-refractivity contribution in [2.24, 2.45) is 0 Å². The lowest BCUT2D eigenvalue weighted by Gasteiger charge is -2.10. The van der Waals surface area contributed by atoms with Crippen molar-refractivity contribution in [1.82, 2.24) is 0 Å². The van der Waals surface area contributed by atoms with Crippen molar-refractivity contribution in [3.63, 3.8) is 0 Å². The molecular weight excluding hydrogens is 431 g/mol. The highest BCUT2D eigenvalue weighted by Gasteiger charge is 2.18. The number of rotatable bonds is 3. The van der Waals surface area contributed by atoms with Gasteiger partial charge in [0.15, 0.2) is 0 Å². The molecule has 0 unspecified atom stereocenters. The Bertz CT molecular complexity index is 766. The summed E-state index contributed by atoms with van der Waals surface area (Å²) in [7, 11) is -3.71. The van der Waals surface area contributed by atoms with Gasteiger partial charge < -0.3 is 5.73 Å². The van der Waals surface area contributed by atoms with E-state index in [2.05, 4.69) is 36.6 Å². The fourth-order valence-electron chi connectivity index (χ4n) is 1.49.